The molecule has 0 amide bonds. The molecule has 1 aliphatic rings. The van der Waals surface area contributed by atoms with Gasteiger partial charge in [0.25, 0.3) is 0 Å². The van der Waals surface area contributed by atoms with Crippen LogP contribution in [-0.2, 0) is 21.4 Å². The lowest BCUT2D eigenvalue weighted by atomic mass is 10.2. The number of hydrogen-bond donors (Lipinski definition) is 1. The van der Waals surface area contributed by atoms with Crippen LogP contribution in [0.2, 0.25) is 0 Å². The van der Waals surface area contributed by atoms with Gasteiger partial charge in [-0.05, 0) is 48.9 Å². The predicted molar refractivity (Wildman–Crippen MR) is 99.5 cm³/mol. The Hall–Kier alpha value is -2.73. The minimum absolute atomic E-state index is 0.129. The van der Waals surface area contributed by atoms with Gasteiger partial charge in [0.1, 0.15) is 12.4 Å². The Morgan fingerprint density at radius 1 is 1.30 bits per heavy atom. The predicted octanol–water partition coefficient (Wildman–Crippen LogP) is 2.27. The Balaban J connectivity index is 1.60. The molecule has 7 nitrogen and oxygen atoms in total. The summed E-state index contributed by atoms with van der Waals surface area (Å²) in [6.07, 6.45) is 0. The molecule has 2 heterocycles. The number of ether oxygens (including phenoxy) is 1. The van der Waals surface area contributed by atoms with Gasteiger partial charge in [-0.15, -0.1) is 0 Å². The first-order chi connectivity index (χ1) is 13.0. The van der Waals surface area contributed by atoms with Crippen molar-refractivity contribution in [3.8, 4) is 6.07 Å². The SMILES string of the molecule is Cc1ccc2nc3n(c2c1)[C@@H](CNS(=O)(=O)c1ccc(C#N)cc1)COC3. The number of sulfonamides is 1. The fraction of sp³-hybridized carbons (Fsp3) is 0.263. The quantitative estimate of drug-likeness (QED) is 0.747. The molecule has 0 saturated carbocycles. The Labute approximate surface area is 157 Å². The third-order valence-corrected chi connectivity index (χ3v) is 6.07. The zero-order valence-electron chi connectivity index (χ0n) is 14.7. The van der Waals surface area contributed by atoms with Crippen LogP contribution in [0.5, 0.6) is 0 Å². The van der Waals surface area contributed by atoms with E-state index in [1.54, 1.807) is 0 Å². The van der Waals surface area contributed by atoms with Crippen LogP contribution in [0.15, 0.2) is 47.4 Å². The topological polar surface area (TPSA) is 97.0 Å². The van der Waals surface area contributed by atoms with Gasteiger partial charge in [0.05, 0.1) is 40.2 Å². The van der Waals surface area contributed by atoms with Crippen LogP contribution in [0.3, 0.4) is 0 Å². The van der Waals surface area contributed by atoms with Crippen LogP contribution in [0, 0.1) is 18.3 Å². The smallest absolute Gasteiger partial charge is 0.240 e. The van der Waals surface area contributed by atoms with Crippen molar-refractivity contribution in [1.29, 1.82) is 5.26 Å². The number of nitriles is 1. The Morgan fingerprint density at radius 3 is 2.81 bits per heavy atom. The molecule has 4 rings (SSSR count). The van der Waals surface area contributed by atoms with Crippen molar-refractivity contribution in [2.75, 3.05) is 13.2 Å². The summed E-state index contributed by atoms with van der Waals surface area (Å²) in [7, 11) is -3.68. The fourth-order valence-electron chi connectivity index (χ4n) is 3.27. The molecule has 0 bridgehead atoms. The molecule has 0 fully saturated rings. The molecule has 1 N–H and O–H groups in total. The van der Waals surface area contributed by atoms with E-state index in [1.807, 2.05) is 25.1 Å². The number of benzene rings is 2. The van der Waals surface area contributed by atoms with Gasteiger partial charge in [-0.25, -0.2) is 18.1 Å². The molecular formula is C19H18N4O3S. The molecule has 1 atom stereocenters. The minimum Gasteiger partial charge on any atom is -0.371 e. The molecule has 0 unspecified atom stereocenters. The molecule has 1 aromatic heterocycles. The minimum atomic E-state index is -3.68. The van der Waals surface area contributed by atoms with Crippen LogP contribution in [-0.4, -0.2) is 31.1 Å². The van der Waals surface area contributed by atoms with E-state index in [9.17, 15) is 8.42 Å². The molecular weight excluding hydrogens is 364 g/mol. The number of fused-ring (bicyclic) bond motifs is 3. The van der Waals surface area contributed by atoms with E-state index < -0.39 is 10.0 Å². The number of nitrogens with one attached hydrogen (secondary N) is 1. The fourth-order valence-corrected chi connectivity index (χ4v) is 4.34. The van der Waals surface area contributed by atoms with Gasteiger partial charge in [0, 0.05) is 6.54 Å². The molecule has 0 radical (unpaired) electrons. The number of rotatable bonds is 4. The van der Waals surface area contributed by atoms with E-state index in [0.717, 1.165) is 22.4 Å². The summed E-state index contributed by atoms with van der Waals surface area (Å²) < 4.78 is 35.5. The van der Waals surface area contributed by atoms with Gasteiger partial charge in [0.2, 0.25) is 10.0 Å². The number of hydrogen-bond acceptors (Lipinski definition) is 5. The highest BCUT2D eigenvalue weighted by Crippen LogP contribution is 2.26. The zero-order valence-corrected chi connectivity index (χ0v) is 15.5. The first-order valence-corrected chi connectivity index (χ1v) is 10.0. The highest BCUT2D eigenvalue weighted by Gasteiger charge is 2.26. The van der Waals surface area contributed by atoms with E-state index >= 15 is 0 Å². The Kier molecular flexibility index (Phi) is 4.44. The molecule has 8 heteroatoms. The van der Waals surface area contributed by atoms with Crippen molar-refractivity contribution in [2.24, 2.45) is 0 Å². The maximum atomic E-state index is 12.6. The summed E-state index contributed by atoms with van der Waals surface area (Å²) in [5.74, 6) is 0.796. The van der Waals surface area contributed by atoms with Gasteiger partial charge in [-0.3, -0.25) is 0 Å². The Bertz CT molecular complexity index is 1140. The van der Waals surface area contributed by atoms with Crippen molar-refractivity contribution in [1.82, 2.24) is 14.3 Å². The summed E-state index contributed by atoms with van der Waals surface area (Å²) in [5, 5.41) is 8.85. The molecule has 0 aliphatic carbocycles. The first-order valence-electron chi connectivity index (χ1n) is 8.53. The maximum Gasteiger partial charge on any atom is 0.240 e. The van der Waals surface area contributed by atoms with Gasteiger partial charge >= 0.3 is 0 Å². The standard InChI is InChI=1S/C19H18N4O3S/c1-13-2-7-17-18(8-13)23-15(11-26-12-19(23)22-17)10-21-27(24,25)16-5-3-14(9-20)4-6-16/h2-8,15,21H,10-12H2,1H3/t15-/m0/s1. The molecule has 1 aliphatic heterocycles. The van der Waals surface area contributed by atoms with E-state index in [2.05, 4.69) is 20.3 Å². The largest absolute Gasteiger partial charge is 0.371 e. The second-order valence-electron chi connectivity index (χ2n) is 6.55. The number of nitrogens with zero attached hydrogens (tertiary/aromatic N) is 3. The van der Waals surface area contributed by atoms with Crippen molar-refractivity contribution in [3.63, 3.8) is 0 Å². The summed E-state index contributed by atoms with van der Waals surface area (Å²) in [6.45, 7) is 3.02. The molecule has 3 aromatic rings. The van der Waals surface area contributed by atoms with Crippen molar-refractivity contribution >= 4 is 21.1 Å². The van der Waals surface area contributed by atoms with Crippen LogP contribution in [0.25, 0.3) is 11.0 Å². The third-order valence-electron chi connectivity index (χ3n) is 4.63. The van der Waals surface area contributed by atoms with E-state index in [1.165, 1.54) is 24.3 Å². The number of aromatic nitrogens is 2. The molecule has 0 saturated heterocycles. The van der Waals surface area contributed by atoms with Gasteiger partial charge in [0.15, 0.2) is 0 Å². The lowest BCUT2D eigenvalue weighted by molar-refractivity contribution is 0.0581. The molecule has 0 spiro atoms. The Morgan fingerprint density at radius 2 is 2.07 bits per heavy atom. The summed E-state index contributed by atoms with van der Waals surface area (Å²) in [5.41, 5.74) is 3.39. The second kappa shape index (κ2) is 6.78. The van der Waals surface area contributed by atoms with E-state index in [-0.39, 0.29) is 17.5 Å². The lowest BCUT2D eigenvalue weighted by Crippen LogP contribution is -2.35. The zero-order chi connectivity index (χ0) is 19.0. The van der Waals surface area contributed by atoms with Crippen LogP contribution in [0.4, 0.5) is 0 Å². The van der Waals surface area contributed by atoms with Crippen LogP contribution in [0.1, 0.15) is 23.0 Å². The van der Waals surface area contributed by atoms with Gasteiger partial charge < -0.3 is 9.30 Å². The summed E-state index contributed by atoms with van der Waals surface area (Å²) in [6, 6.07) is 13.7. The maximum absolute atomic E-state index is 12.6. The molecule has 2 aromatic carbocycles. The monoisotopic (exact) mass is 382 g/mol. The van der Waals surface area contributed by atoms with Gasteiger partial charge in [-0.2, -0.15) is 5.26 Å². The number of imidazole rings is 1. The lowest BCUT2D eigenvalue weighted by Gasteiger charge is -2.26. The summed E-state index contributed by atoms with van der Waals surface area (Å²) in [4.78, 5) is 4.73. The second-order valence-corrected chi connectivity index (χ2v) is 8.31. The average Bonchev–Trinajstić information content (AvgIpc) is 3.05. The number of aryl methyl sites for hydroxylation is 1. The van der Waals surface area contributed by atoms with E-state index in [0.29, 0.717) is 18.8 Å². The van der Waals surface area contributed by atoms with Crippen molar-refractivity contribution in [2.45, 2.75) is 24.5 Å². The third kappa shape index (κ3) is 3.32. The molecule has 138 valence electrons. The average molecular weight is 382 g/mol. The first kappa shape index (κ1) is 17.7. The highest BCUT2D eigenvalue weighted by molar-refractivity contribution is 7.89. The highest BCUT2D eigenvalue weighted by atomic mass is 32.2. The summed E-state index contributed by atoms with van der Waals surface area (Å²) >= 11 is 0. The van der Waals surface area contributed by atoms with Crippen LogP contribution >= 0.6 is 0 Å². The molecule has 27 heavy (non-hydrogen) atoms. The normalized spacial score (nSPS) is 16.8. The van der Waals surface area contributed by atoms with E-state index in [4.69, 9.17) is 10.00 Å². The van der Waals surface area contributed by atoms with Crippen molar-refractivity contribution < 1.29 is 13.2 Å². The van der Waals surface area contributed by atoms with Crippen LogP contribution < -0.4 is 4.72 Å². The van der Waals surface area contributed by atoms with Crippen molar-refractivity contribution in [3.05, 3.63) is 59.4 Å². The van der Waals surface area contributed by atoms with Gasteiger partial charge in [-0.1, -0.05) is 6.07 Å².